The maximum atomic E-state index is 12.4. The highest BCUT2D eigenvalue weighted by Crippen LogP contribution is 2.23. The summed E-state index contributed by atoms with van der Waals surface area (Å²) in [5, 5.41) is 14.0. The summed E-state index contributed by atoms with van der Waals surface area (Å²) in [6.45, 7) is 0.689. The predicted molar refractivity (Wildman–Crippen MR) is 108 cm³/mol. The van der Waals surface area contributed by atoms with Gasteiger partial charge in [-0.25, -0.2) is 0 Å². The van der Waals surface area contributed by atoms with Crippen LogP contribution in [0.2, 0.25) is 0 Å². The maximum absolute atomic E-state index is 12.4. The number of hydrogen-bond acceptors (Lipinski definition) is 6. The molecule has 1 amide bonds. The summed E-state index contributed by atoms with van der Waals surface area (Å²) in [6.07, 6.45) is 0.814. The van der Waals surface area contributed by atoms with Crippen LogP contribution in [0.5, 0.6) is 11.5 Å². The number of nitrogens with zero attached hydrogens (tertiary/aromatic N) is 2. The van der Waals surface area contributed by atoms with E-state index in [1.54, 1.807) is 38.5 Å². The molecule has 0 aliphatic rings. The summed E-state index contributed by atoms with van der Waals surface area (Å²) in [4.78, 5) is 12.4. The lowest BCUT2D eigenvalue weighted by atomic mass is 10.1. The molecule has 0 radical (unpaired) electrons. The Labute approximate surface area is 163 Å². The minimum atomic E-state index is -0.347. The van der Waals surface area contributed by atoms with Gasteiger partial charge in [-0.05, 0) is 48.4 Å². The van der Waals surface area contributed by atoms with E-state index in [9.17, 15) is 4.79 Å². The average molecular weight is 378 g/mol. The molecule has 0 spiro atoms. The molecule has 1 aromatic heterocycles. The van der Waals surface area contributed by atoms with Crippen molar-refractivity contribution < 1.29 is 14.3 Å². The zero-order chi connectivity index (χ0) is 19.8. The molecule has 3 aromatic rings. The molecule has 0 atom stereocenters. The topological polar surface area (TPSA) is 85.4 Å². The highest BCUT2D eigenvalue weighted by molar-refractivity contribution is 6.03. The molecule has 0 aliphatic carbocycles. The Kier molecular flexibility index (Phi) is 6.41. The van der Waals surface area contributed by atoms with Gasteiger partial charge >= 0.3 is 0 Å². The number of para-hydroxylation sites is 2. The second-order valence-corrected chi connectivity index (χ2v) is 5.99. The number of carbonyl (C=O) groups excluding carboxylic acids is 1. The quantitative estimate of drug-likeness (QED) is 0.625. The zero-order valence-electron chi connectivity index (χ0n) is 15.8. The highest BCUT2D eigenvalue weighted by atomic mass is 16.5. The molecule has 3 rings (SSSR count). The first-order chi connectivity index (χ1) is 13.7. The third-order valence-electron chi connectivity index (χ3n) is 4.11. The van der Waals surface area contributed by atoms with Crippen molar-refractivity contribution in [2.24, 2.45) is 0 Å². The molecule has 1 heterocycles. The van der Waals surface area contributed by atoms with E-state index in [-0.39, 0.29) is 11.6 Å². The first kappa shape index (κ1) is 19.2. The summed E-state index contributed by atoms with van der Waals surface area (Å²) in [5.41, 5.74) is 1.97. The Bertz CT molecular complexity index is 929. The smallest absolute Gasteiger partial charge is 0.276 e. The molecule has 2 aromatic carbocycles. The van der Waals surface area contributed by atoms with Crippen LogP contribution < -0.4 is 20.1 Å². The van der Waals surface area contributed by atoms with E-state index in [0.29, 0.717) is 23.8 Å². The Morgan fingerprint density at radius 1 is 0.964 bits per heavy atom. The molecule has 0 unspecified atom stereocenters. The SMILES string of the molecule is COc1cccc(CCNc2ccc(C(=O)Nc3ccccc3OC)nn2)c1. The lowest BCUT2D eigenvalue weighted by Crippen LogP contribution is -2.15. The second-order valence-electron chi connectivity index (χ2n) is 5.99. The van der Waals surface area contributed by atoms with Crippen LogP contribution in [0.25, 0.3) is 0 Å². The fourth-order valence-corrected chi connectivity index (χ4v) is 2.64. The summed E-state index contributed by atoms with van der Waals surface area (Å²) >= 11 is 0. The number of rotatable bonds is 8. The van der Waals surface area contributed by atoms with Gasteiger partial charge in [0.25, 0.3) is 5.91 Å². The van der Waals surface area contributed by atoms with E-state index in [1.807, 2.05) is 36.4 Å². The van der Waals surface area contributed by atoms with Gasteiger partial charge in [-0.3, -0.25) is 4.79 Å². The van der Waals surface area contributed by atoms with Crippen molar-refractivity contribution in [1.82, 2.24) is 10.2 Å². The number of anilines is 2. The van der Waals surface area contributed by atoms with Crippen LogP contribution in [-0.4, -0.2) is 36.9 Å². The van der Waals surface area contributed by atoms with Crippen molar-refractivity contribution in [3.8, 4) is 11.5 Å². The third kappa shape index (κ3) is 4.97. The number of aromatic nitrogens is 2. The van der Waals surface area contributed by atoms with Crippen LogP contribution >= 0.6 is 0 Å². The predicted octanol–water partition coefficient (Wildman–Crippen LogP) is 3.40. The molecule has 0 aliphatic heterocycles. The number of hydrogen-bond donors (Lipinski definition) is 2. The van der Waals surface area contributed by atoms with Crippen LogP contribution in [0.4, 0.5) is 11.5 Å². The van der Waals surface area contributed by atoms with Crippen LogP contribution in [0, 0.1) is 0 Å². The molecular formula is C21H22N4O3. The van der Waals surface area contributed by atoms with Crippen molar-refractivity contribution in [2.75, 3.05) is 31.4 Å². The molecule has 0 bridgehead atoms. The van der Waals surface area contributed by atoms with E-state index < -0.39 is 0 Å². The van der Waals surface area contributed by atoms with Gasteiger partial charge in [0.2, 0.25) is 0 Å². The normalized spacial score (nSPS) is 10.2. The van der Waals surface area contributed by atoms with E-state index in [1.165, 1.54) is 0 Å². The van der Waals surface area contributed by atoms with Crippen molar-refractivity contribution in [3.05, 3.63) is 71.9 Å². The van der Waals surface area contributed by atoms with Gasteiger partial charge in [0.15, 0.2) is 5.69 Å². The van der Waals surface area contributed by atoms with Gasteiger partial charge < -0.3 is 20.1 Å². The van der Waals surface area contributed by atoms with E-state index >= 15 is 0 Å². The average Bonchev–Trinajstić information content (AvgIpc) is 2.74. The van der Waals surface area contributed by atoms with Gasteiger partial charge in [-0.15, -0.1) is 10.2 Å². The maximum Gasteiger partial charge on any atom is 0.276 e. The Morgan fingerprint density at radius 2 is 1.82 bits per heavy atom. The third-order valence-corrected chi connectivity index (χ3v) is 4.11. The fraction of sp³-hybridized carbons (Fsp3) is 0.190. The molecule has 0 fully saturated rings. The molecule has 7 heteroatoms. The monoisotopic (exact) mass is 378 g/mol. The fourth-order valence-electron chi connectivity index (χ4n) is 2.64. The molecule has 7 nitrogen and oxygen atoms in total. The number of methoxy groups -OCH3 is 2. The van der Waals surface area contributed by atoms with E-state index in [2.05, 4.69) is 20.8 Å². The van der Waals surface area contributed by atoms with Gasteiger partial charge in [-0.1, -0.05) is 24.3 Å². The van der Waals surface area contributed by atoms with Gasteiger partial charge in [0.1, 0.15) is 17.3 Å². The molecular weight excluding hydrogens is 356 g/mol. The van der Waals surface area contributed by atoms with Crippen molar-refractivity contribution in [2.45, 2.75) is 6.42 Å². The van der Waals surface area contributed by atoms with E-state index in [0.717, 1.165) is 17.7 Å². The number of carbonyl (C=O) groups is 1. The van der Waals surface area contributed by atoms with Crippen molar-refractivity contribution >= 4 is 17.4 Å². The lowest BCUT2D eigenvalue weighted by molar-refractivity contribution is 0.102. The Morgan fingerprint density at radius 3 is 2.57 bits per heavy atom. The molecule has 0 saturated heterocycles. The van der Waals surface area contributed by atoms with Crippen molar-refractivity contribution in [3.63, 3.8) is 0 Å². The van der Waals surface area contributed by atoms with Crippen molar-refractivity contribution in [1.29, 1.82) is 0 Å². The number of benzene rings is 2. The Hall–Kier alpha value is -3.61. The van der Waals surface area contributed by atoms with Gasteiger partial charge in [0, 0.05) is 6.54 Å². The van der Waals surface area contributed by atoms with Crippen LogP contribution in [-0.2, 0) is 6.42 Å². The first-order valence-corrected chi connectivity index (χ1v) is 8.84. The summed E-state index contributed by atoms with van der Waals surface area (Å²) in [7, 11) is 3.20. The summed E-state index contributed by atoms with van der Waals surface area (Å²) < 4.78 is 10.5. The largest absolute Gasteiger partial charge is 0.497 e. The second kappa shape index (κ2) is 9.36. The minimum Gasteiger partial charge on any atom is -0.497 e. The summed E-state index contributed by atoms with van der Waals surface area (Å²) in [6, 6.07) is 18.5. The van der Waals surface area contributed by atoms with Crippen LogP contribution in [0.15, 0.2) is 60.7 Å². The molecule has 28 heavy (non-hydrogen) atoms. The first-order valence-electron chi connectivity index (χ1n) is 8.84. The van der Waals surface area contributed by atoms with Crippen LogP contribution in [0.3, 0.4) is 0 Å². The molecule has 0 saturated carbocycles. The standard InChI is InChI=1S/C21H22N4O3/c1-27-16-7-5-6-15(14-16)12-13-22-20-11-10-18(24-25-20)21(26)23-17-8-3-4-9-19(17)28-2/h3-11,14H,12-13H2,1-2H3,(H,22,25)(H,23,26). The number of nitrogens with one attached hydrogen (secondary N) is 2. The minimum absolute atomic E-state index is 0.226. The lowest BCUT2D eigenvalue weighted by Gasteiger charge is -2.09. The van der Waals surface area contributed by atoms with Gasteiger partial charge in [-0.2, -0.15) is 0 Å². The van der Waals surface area contributed by atoms with Gasteiger partial charge in [0.05, 0.1) is 19.9 Å². The van der Waals surface area contributed by atoms with E-state index in [4.69, 9.17) is 9.47 Å². The number of ether oxygens (including phenoxy) is 2. The Balaban J connectivity index is 1.54. The molecule has 2 N–H and O–H groups in total. The van der Waals surface area contributed by atoms with Crippen LogP contribution in [0.1, 0.15) is 16.1 Å². The highest BCUT2D eigenvalue weighted by Gasteiger charge is 2.11. The zero-order valence-corrected chi connectivity index (χ0v) is 15.8. The summed E-state index contributed by atoms with van der Waals surface area (Å²) in [5.74, 6) is 1.68. The number of amides is 1. The molecule has 144 valence electrons.